The molecule has 0 fully saturated rings. The lowest BCUT2D eigenvalue weighted by molar-refractivity contribution is -0.147. The Balaban J connectivity index is 2.71. The molecule has 12 heavy (non-hydrogen) atoms. The zero-order valence-corrected chi connectivity index (χ0v) is 7.14. The number of nitrogens with one attached hydrogen (secondary N) is 1. The zero-order chi connectivity index (χ0) is 9.14. The molecule has 0 saturated heterocycles. The van der Waals surface area contributed by atoms with Gasteiger partial charge in [-0.05, 0) is 17.9 Å². The Hall–Kier alpha value is -1.36. The van der Waals surface area contributed by atoms with Crippen LogP contribution in [-0.4, -0.2) is 17.0 Å². The number of carbonyl (C=O) groups is 2. The monoisotopic (exact) mass is 185 g/mol. The van der Waals surface area contributed by atoms with Gasteiger partial charge in [0.05, 0.1) is 5.69 Å². The van der Waals surface area contributed by atoms with Crippen LogP contribution in [0.1, 0.15) is 5.56 Å². The SMILES string of the molecule is Cc1cscc1NC(=O)C(=O)O. The van der Waals surface area contributed by atoms with Crippen LogP contribution >= 0.6 is 11.3 Å². The van der Waals surface area contributed by atoms with Crippen molar-refractivity contribution in [3.63, 3.8) is 0 Å². The van der Waals surface area contributed by atoms with E-state index in [1.807, 2.05) is 5.38 Å². The molecule has 64 valence electrons. The molecule has 4 nitrogen and oxygen atoms in total. The summed E-state index contributed by atoms with van der Waals surface area (Å²) in [6.45, 7) is 1.80. The van der Waals surface area contributed by atoms with Crippen molar-refractivity contribution in [2.75, 3.05) is 5.32 Å². The van der Waals surface area contributed by atoms with E-state index in [0.29, 0.717) is 5.69 Å². The van der Waals surface area contributed by atoms with Crippen LogP contribution in [0.5, 0.6) is 0 Å². The van der Waals surface area contributed by atoms with Crippen LogP contribution in [0.4, 0.5) is 5.69 Å². The van der Waals surface area contributed by atoms with E-state index in [0.717, 1.165) is 5.56 Å². The van der Waals surface area contributed by atoms with E-state index in [9.17, 15) is 9.59 Å². The molecule has 1 aromatic rings. The van der Waals surface area contributed by atoms with Crippen LogP contribution in [0.25, 0.3) is 0 Å². The maximum absolute atomic E-state index is 10.7. The fraction of sp³-hybridized carbons (Fsp3) is 0.143. The first kappa shape index (κ1) is 8.73. The van der Waals surface area contributed by atoms with Gasteiger partial charge < -0.3 is 10.4 Å². The van der Waals surface area contributed by atoms with Crippen molar-refractivity contribution in [2.45, 2.75) is 6.92 Å². The number of aliphatic carboxylic acids is 1. The van der Waals surface area contributed by atoms with Gasteiger partial charge >= 0.3 is 11.9 Å². The molecule has 0 aliphatic heterocycles. The highest BCUT2D eigenvalue weighted by Gasteiger charge is 2.12. The van der Waals surface area contributed by atoms with Gasteiger partial charge in [0.25, 0.3) is 0 Å². The standard InChI is InChI=1S/C7H7NO3S/c1-4-2-12-3-5(4)8-6(9)7(10)11/h2-3H,1H3,(H,8,9)(H,10,11). The summed E-state index contributed by atoms with van der Waals surface area (Å²) >= 11 is 1.41. The Bertz CT molecular complexity index is 318. The van der Waals surface area contributed by atoms with Gasteiger partial charge in [0.15, 0.2) is 0 Å². The van der Waals surface area contributed by atoms with Crippen molar-refractivity contribution in [1.29, 1.82) is 0 Å². The van der Waals surface area contributed by atoms with Gasteiger partial charge in [0, 0.05) is 5.38 Å². The number of amides is 1. The second-order valence-electron chi connectivity index (χ2n) is 2.23. The first-order valence-corrected chi connectivity index (χ1v) is 4.12. The van der Waals surface area contributed by atoms with E-state index in [1.165, 1.54) is 11.3 Å². The summed E-state index contributed by atoms with van der Waals surface area (Å²) in [6, 6.07) is 0. The van der Waals surface area contributed by atoms with E-state index in [2.05, 4.69) is 5.32 Å². The van der Waals surface area contributed by atoms with Gasteiger partial charge in [-0.3, -0.25) is 4.79 Å². The Labute approximate surface area is 72.8 Å². The second-order valence-corrected chi connectivity index (χ2v) is 2.97. The molecule has 0 bridgehead atoms. The summed E-state index contributed by atoms with van der Waals surface area (Å²) in [6.07, 6.45) is 0. The summed E-state index contributed by atoms with van der Waals surface area (Å²) in [7, 11) is 0. The first-order chi connectivity index (χ1) is 5.61. The number of aryl methyl sites for hydroxylation is 1. The summed E-state index contributed by atoms with van der Waals surface area (Å²) < 4.78 is 0. The fourth-order valence-corrected chi connectivity index (χ4v) is 1.44. The first-order valence-electron chi connectivity index (χ1n) is 3.18. The van der Waals surface area contributed by atoms with Crippen LogP contribution in [0, 0.1) is 6.92 Å². The topological polar surface area (TPSA) is 66.4 Å². The highest BCUT2D eigenvalue weighted by Crippen LogP contribution is 2.18. The van der Waals surface area contributed by atoms with Crippen LogP contribution < -0.4 is 5.32 Å². The number of carboxylic acids is 1. The van der Waals surface area contributed by atoms with Crippen LogP contribution in [0.2, 0.25) is 0 Å². The minimum Gasteiger partial charge on any atom is -0.474 e. The van der Waals surface area contributed by atoms with Gasteiger partial charge in [-0.15, -0.1) is 11.3 Å². The lowest BCUT2D eigenvalue weighted by Gasteiger charge is -1.98. The summed E-state index contributed by atoms with van der Waals surface area (Å²) in [4.78, 5) is 20.8. The zero-order valence-electron chi connectivity index (χ0n) is 6.33. The predicted molar refractivity (Wildman–Crippen MR) is 45.3 cm³/mol. The van der Waals surface area contributed by atoms with E-state index < -0.39 is 11.9 Å². The normalized spacial score (nSPS) is 9.42. The molecule has 0 aliphatic rings. The molecule has 5 heteroatoms. The van der Waals surface area contributed by atoms with Gasteiger partial charge in [0.2, 0.25) is 0 Å². The number of anilines is 1. The van der Waals surface area contributed by atoms with Crippen molar-refractivity contribution in [3.8, 4) is 0 Å². The molecule has 0 saturated carbocycles. The lowest BCUT2D eigenvalue weighted by Crippen LogP contribution is -2.21. The Morgan fingerprint density at radius 1 is 1.50 bits per heavy atom. The molecule has 0 aliphatic carbocycles. The highest BCUT2D eigenvalue weighted by molar-refractivity contribution is 7.08. The molecule has 1 heterocycles. The number of carboxylic acid groups (broad SMARTS) is 1. The van der Waals surface area contributed by atoms with E-state index in [4.69, 9.17) is 5.11 Å². The third-order valence-corrected chi connectivity index (χ3v) is 2.16. The maximum atomic E-state index is 10.7. The molecule has 0 spiro atoms. The smallest absolute Gasteiger partial charge is 0.394 e. The van der Waals surface area contributed by atoms with Crippen LogP contribution in [0.15, 0.2) is 10.8 Å². The Morgan fingerprint density at radius 3 is 2.58 bits per heavy atom. The summed E-state index contributed by atoms with van der Waals surface area (Å²) in [5, 5.41) is 14.0. The number of hydrogen-bond acceptors (Lipinski definition) is 3. The van der Waals surface area contributed by atoms with Gasteiger partial charge in [-0.2, -0.15) is 0 Å². The molecular weight excluding hydrogens is 178 g/mol. The van der Waals surface area contributed by atoms with Gasteiger partial charge in [0.1, 0.15) is 0 Å². The Kier molecular flexibility index (Phi) is 2.44. The number of hydrogen-bond donors (Lipinski definition) is 2. The number of thiophene rings is 1. The van der Waals surface area contributed by atoms with Crippen molar-refractivity contribution in [1.82, 2.24) is 0 Å². The number of carbonyl (C=O) groups excluding carboxylic acids is 1. The average molecular weight is 185 g/mol. The Morgan fingerprint density at radius 2 is 2.17 bits per heavy atom. The van der Waals surface area contributed by atoms with Crippen LogP contribution in [0.3, 0.4) is 0 Å². The minimum atomic E-state index is -1.47. The molecule has 1 amide bonds. The predicted octanol–water partition coefficient (Wildman–Crippen LogP) is 1.08. The number of rotatable bonds is 1. The summed E-state index contributed by atoms with van der Waals surface area (Å²) in [5.74, 6) is -2.47. The molecule has 0 unspecified atom stereocenters. The largest absolute Gasteiger partial charge is 0.474 e. The molecule has 1 aromatic heterocycles. The van der Waals surface area contributed by atoms with Gasteiger partial charge in [-0.1, -0.05) is 0 Å². The molecule has 0 radical (unpaired) electrons. The molecule has 0 aromatic carbocycles. The molecule has 1 rings (SSSR count). The molecule has 0 atom stereocenters. The highest BCUT2D eigenvalue weighted by atomic mass is 32.1. The van der Waals surface area contributed by atoms with Crippen molar-refractivity contribution in [2.24, 2.45) is 0 Å². The lowest BCUT2D eigenvalue weighted by atomic mass is 10.3. The second kappa shape index (κ2) is 3.36. The van der Waals surface area contributed by atoms with Crippen molar-refractivity contribution >= 4 is 28.9 Å². The third-order valence-electron chi connectivity index (χ3n) is 1.30. The third kappa shape index (κ3) is 1.82. The van der Waals surface area contributed by atoms with Crippen molar-refractivity contribution in [3.05, 3.63) is 16.3 Å². The molecule has 2 N–H and O–H groups in total. The van der Waals surface area contributed by atoms with Gasteiger partial charge in [-0.25, -0.2) is 4.79 Å². The van der Waals surface area contributed by atoms with Crippen molar-refractivity contribution < 1.29 is 14.7 Å². The average Bonchev–Trinajstić information content (AvgIpc) is 2.36. The minimum absolute atomic E-state index is 0.562. The van der Waals surface area contributed by atoms with E-state index in [1.54, 1.807) is 12.3 Å². The summed E-state index contributed by atoms with van der Waals surface area (Å²) in [5.41, 5.74) is 1.43. The maximum Gasteiger partial charge on any atom is 0.394 e. The molecular formula is C7H7NO3S. The van der Waals surface area contributed by atoms with E-state index >= 15 is 0 Å². The van der Waals surface area contributed by atoms with Crippen LogP contribution in [-0.2, 0) is 9.59 Å². The van der Waals surface area contributed by atoms with E-state index in [-0.39, 0.29) is 0 Å². The fourth-order valence-electron chi connectivity index (χ4n) is 0.664. The quantitative estimate of drug-likeness (QED) is 0.643.